The second kappa shape index (κ2) is 10.3. The third kappa shape index (κ3) is 5.86. The molecule has 168 valence electrons. The number of nitrogens with zero attached hydrogens (tertiary/aromatic N) is 1. The first-order chi connectivity index (χ1) is 14.8. The molecule has 7 heteroatoms. The second-order valence-electron chi connectivity index (χ2n) is 8.49. The number of para-hydroxylation sites is 1. The first-order valence-electron chi connectivity index (χ1n) is 10.9. The van der Waals surface area contributed by atoms with Gasteiger partial charge in [-0.25, -0.2) is 8.42 Å². The molecule has 0 saturated heterocycles. The number of anilines is 1. The number of ether oxygens (including phenoxy) is 1. The van der Waals surface area contributed by atoms with E-state index in [1.165, 1.54) is 10.7 Å². The van der Waals surface area contributed by atoms with Crippen molar-refractivity contribution in [3.8, 4) is 5.75 Å². The van der Waals surface area contributed by atoms with Crippen LogP contribution in [0.25, 0.3) is 0 Å². The largest absolute Gasteiger partial charge is 0.492 e. The summed E-state index contributed by atoms with van der Waals surface area (Å²) < 4.78 is 33.2. The molecular formula is C24H32N2O4S. The number of sulfonamides is 1. The topological polar surface area (TPSA) is 75.7 Å². The lowest BCUT2D eigenvalue weighted by atomic mass is 9.96. The van der Waals surface area contributed by atoms with Crippen molar-refractivity contribution in [1.29, 1.82) is 0 Å². The number of nitrogens with one attached hydrogen (secondary N) is 1. The monoisotopic (exact) mass is 444 g/mol. The predicted octanol–water partition coefficient (Wildman–Crippen LogP) is 4.93. The number of carbonyl (C=O) groups excluding carboxylic acids is 1. The molecular weight excluding hydrogens is 412 g/mol. The van der Waals surface area contributed by atoms with E-state index in [9.17, 15) is 13.2 Å². The standard InChI is InChI=1S/C24H32N2O4S/c1-18(2)17-30-23-12-8-7-11-22(23)24(27)25-19-13-15-21(16-14-19)31(28,29)26(3)20-9-5-4-6-10-20/h7-8,11-16,18,20H,4-6,9-10,17H2,1-3H3,(H,25,27). The molecule has 0 aromatic heterocycles. The Balaban J connectivity index is 1.70. The summed E-state index contributed by atoms with van der Waals surface area (Å²) >= 11 is 0. The van der Waals surface area contributed by atoms with Crippen LogP contribution in [0.1, 0.15) is 56.3 Å². The Hall–Kier alpha value is -2.38. The van der Waals surface area contributed by atoms with Gasteiger partial charge in [0.2, 0.25) is 10.0 Å². The first-order valence-corrected chi connectivity index (χ1v) is 12.3. The Bertz CT molecular complexity index is 981. The van der Waals surface area contributed by atoms with Crippen LogP contribution in [0.4, 0.5) is 5.69 Å². The molecule has 1 N–H and O–H groups in total. The Morgan fingerprint density at radius 1 is 1.06 bits per heavy atom. The Morgan fingerprint density at radius 3 is 2.35 bits per heavy atom. The molecule has 1 amide bonds. The third-order valence-electron chi connectivity index (χ3n) is 5.58. The van der Waals surface area contributed by atoms with Crippen LogP contribution in [-0.2, 0) is 10.0 Å². The van der Waals surface area contributed by atoms with Crippen LogP contribution in [0.15, 0.2) is 53.4 Å². The van der Waals surface area contributed by atoms with Crippen molar-refractivity contribution < 1.29 is 17.9 Å². The highest BCUT2D eigenvalue weighted by Crippen LogP contribution is 2.27. The summed E-state index contributed by atoms with van der Waals surface area (Å²) in [7, 11) is -1.90. The molecule has 1 aliphatic carbocycles. The SMILES string of the molecule is CC(C)COc1ccccc1C(=O)Nc1ccc(S(=O)(=O)N(C)C2CCCCC2)cc1. The maximum atomic E-state index is 13.0. The van der Waals surface area contributed by atoms with Crippen molar-refractivity contribution in [1.82, 2.24) is 4.31 Å². The van der Waals surface area contributed by atoms with Gasteiger partial charge in [0.05, 0.1) is 17.1 Å². The quantitative estimate of drug-likeness (QED) is 0.627. The maximum absolute atomic E-state index is 13.0. The normalized spacial score (nSPS) is 15.3. The Labute approximate surface area is 185 Å². The molecule has 1 aliphatic rings. The van der Waals surface area contributed by atoms with Gasteiger partial charge in [0, 0.05) is 18.8 Å². The van der Waals surface area contributed by atoms with Gasteiger partial charge in [0.25, 0.3) is 5.91 Å². The highest BCUT2D eigenvalue weighted by Gasteiger charge is 2.29. The highest BCUT2D eigenvalue weighted by molar-refractivity contribution is 7.89. The zero-order valence-corrected chi connectivity index (χ0v) is 19.3. The van der Waals surface area contributed by atoms with Crippen molar-refractivity contribution in [2.75, 3.05) is 19.0 Å². The van der Waals surface area contributed by atoms with Gasteiger partial charge in [-0.2, -0.15) is 4.31 Å². The van der Waals surface area contributed by atoms with Crippen LogP contribution in [-0.4, -0.2) is 38.3 Å². The van der Waals surface area contributed by atoms with E-state index in [1.54, 1.807) is 49.5 Å². The molecule has 0 spiro atoms. The molecule has 3 rings (SSSR count). The summed E-state index contributed by atoms with van der Waals surface area (Å²) in [5, 5.41) is 2.83. The van der Waals surface area contributed by atoms with Crippen LogP contribution >= 0.6 is 0 Å². The van der Waals surface area contributed by atoms with Crippen LogP contribution in [0.2, 0.25) is 0 Å². The molecule has 1 fully saturated rings. The molecule has 6 nitrogen and oxygen atoms in total. The van der Waals surface area contributed by atoms with Crippen molar-refractivity contribution >= 4 is 21.6 Å². The molecule has 0 aliphatic heterocycles. The van der Waals surface area contributed by atoms with Gasteiger partial charge in [-0.3, -0.25) is 4.79 Å². The minimum absolute atomic E-state index is 0.0560. The van der Waals surface area contributed by atoms with Gasteiger partial charge in [0.1, 0.15) is 5.75 Å². The fourth-order valence-electron chi connectivity index (χ4n) is 3.75. The minimum Gasteiger partial charge on any atom is -0.492 e. The van der Waals surface area contributed by atoms with Gasteiger partial charge in [-0.05, 0) is 55.2 Å². The van der Waals surface area contributed by atoms with Crippen molar-refractivity contribution in [2.24, 2.45) is 5.92 Å². The lowest BCUT2D eigenvalue weighted by molar-refractivity contribution is 0.102. The van der Waals surface area contributed by atoms with Crippen LogP contribution < -0.4 is 10.1 Å². The lowest BCUT2D eigenvalue weighted by Gasteiger charge is -2.30. The summed E-state index contributed by atoms with van der Waals surface area (Å²) in [5.41, 5.74) is 0.972. The van der Waals surface area contributed by atoms with Crippen LogP contribution in [0.3, 0.4) is 0 Å². The molecule has 0 atom stereocenters. The number of hydrogen-bond acceptors (Lipinski definition) is 4. The van der Waals surface area contributed by atoms with Crippen molar-refractivity contribution in [2.45, 2.75) is 56.9 Å². The predicted molar refractivity (Wildman–Crippen MR) is 123 cm³/mol. The number of rotatable bonds is 8. The maximum Gasteiger partial charge on any atom is 0.259 e. The number of amides is 1. The van der Waals surface area contributed by atoms with Crippen LogP contribution in [0, 0.1) is 5.92 Å². The summed E-state index contributed by atoms with van der Waals surface area (Å²) in [6.45, 7) is 4.61. The van der Waals surface area contributed by atoms with Crippen molar-refractivity contribution in [3.63, 3.8) is 0 Å². The molecule has 31 heavy (non-hydrogen) atoms. The molecule has 0 bridgehead atoms. The van der Waals surface area contributed by atoms with Gasteiger partial charge >= 0.3 is 0 Å². The van der Waals surface area contributed by atoms with Gasteiger partial charge in [-0.1, -0.05) is 45.2 Å². The van der Waals surface area contributed by atoms with Gasteiger partial charge in [-0.15, -0.1) is 0 Å². The average molecular weight is 445 g/mol. The van der Waals surface area contributed by atoms with E-state index >= 15 is 0 Å². The number of carbonyl (C=O) groups is 1. The first kappa shape index (κ1) is 23.3. The fraction of sp³-hybridized carbons (Fsp3) is 0.458. The van der Waals surface area contributed by atoms with E-state index in [-0.39, 0.29) is 16.8 Å². The average Bonchev–Trinajstić information content (AvgIpc) is 2.78. The zero-order chi connectivity index (χ0) is 22.4. The third-order valence-corrected chi connectivity index (χ3v) is 7.51. The molecule has 2 aromatic carbocycles. The molecule has 2 aromatic rings. The summed E-state index contributed by atoms with van der Waals surface area (Å²) in [6, 6.07) is 13.5. The Kier molecular flexibility index (Phi) is 7.73. The van der Waals surface area contributed by atoms with Crippen molar-refractivity contribution in [3.05, 3.63) is 54.1 Å². The summed E-state index contributed by atoms with van der Waals surface area (Å²) in [4.78, 5) is 13.0. The number of benzene rings is 2. The molecule has 0 heterocycles. The molecule has 0 radical (unpaired) electrons. The molecule has 0 unspecified atom stereocenters. The second-order valence-corrected chi connectivity index (χ2v) is 10.5. The van der Waals surface area contributed by atoms with E-state index in [2.05, 4.69) is 5.32 Å². The van der Waals surface area contributed by atoms with E-state index < -0.39 is 10.0 Å². The van der Waals surface area contributed by atoms with E-state index in [0.717, 1.165) is 25.7 Å². The Morgan fingerprint density at radius 2 is 1.71 bits per heavy atom. The van der Waals surface area contributed by atoms with Gasteiger partial charge in [0.15, 0.2) is 0 Å². The van der Waals surface area contributed by atoms with E-state index in [4.69, 9.17) is 4.74 Å². The van der Waals surface area contributed by atoms with E-state index in [0.29, 0.717) is 29.5 Å². The van der Waals surface area contributed by atoms with E-state index in [1.807, 2.05) is 19.9 Å². The minimum atomic E-state index is -3.56. The van der Waals surface area contributed by atoms with Crippen LogP contribution in [0.5, 0.6) is 5.75 Å². The summed E-state index contributed by atoms with van der Waals surface area (Å²) in [6.07, 6.45) is 5.12. The highest BCUT2D eigenvalue weighted by atomic mass is 32.2. The number of hydrogen-bond donors (Lipinski definition) is 1. The fourth-order valence-corrected chi connectivity index (χ4v) is 5.17. The molecule has 1 saturated carbocycles. The zero-order valence-electron chi connectivity index (χ0n) is 18.5. The smallest absolute Gasteiger partial charge is 0.259 e. The van der Waals surface area contributed by atoms with Gasteiger partial charge < -0.3 is 10.1 Å². The summed E-state index contributed by atoms with van der Waals surface area (Å²) in [5.74, 6) is 0.577. The lowest BCUT2D eigenvalue weighted by Crippen LogP contribution is -2.38.